The van der Waals surface area contributed by atoms with Gasteiger partial charge in [0.1, 0.15) is 0 Å². The molecule has 2 atom stereocenters. The van der Waals surface area contributed by atoms with Gasteiger partial charge in [0.25, 0.3) is 0 Å². The van der Waals surface area contributed by atoms with Gasteiger partial charge in [0.15, 0.2) is 0 Å². The number of carbonyl (C=O) groups excluding carboxylic acids is 1. The second-order valence-corrected chi connectivity index (χ2v) is 6.86. The Hall–Kier alpha value is -0.220. The highest BCUT2D eigenvalue weighted by Crippen LogP contribution is 2.29. The minimum Gasteiger partial charge on any atom is -0.352 e. The van der Waals surface area contributed by atoms with E-state index in [1.54, 1.807) is 0 Å². The molecule has 0 aliphatic heterocycles. The second-order valence-electron chi connectivity index (χ2n) is 5.79. The SMILES string of the molecule is CSC1CCCCC1NC(=O)C1CCC(N)CC1. The molecule has 18 heavy (non-hydrogen) atoms. The Labute approximate surface area is 115 Å². The van der Waals surface area contributed by atoms with Crippen molar-refractivity contribution in [1.29, 1.82) is 0 Å². The highest BCUT2D eigenvalue weighted by molar-refractivity contribution is 7.99. The Bertz CT molecular complexity index is 277. The van der Waals surface area contributed by atoms with Gasteiger partial charge in [-0.2, -0.15) is 11.8 Å². The Morgan fingerprint density at radius 3 is 2.44 bits per heavy atom. The maximum Gasteiger partial charge on any atom is 0.223 e. The molecule has 3 nitrogen and oxygen atoms in total. The van der Waals surface area contributed by atoms with Crippen molar-refractivity contribution in [2.24, 2.45) is 11.7 Å². The fourth-order valence-corrected chi connectivity index (χ4v) is 4.16. The predicted octanol–water partition coefficient (Wildman–Crippen LogP) is 2.29. The number of carbonyl (C=O) groups is 1. The monoisotopic (exact) mass is 270 g/mol. The molecule has 0 heterocycles. The van der Waals surface area contributed by atoms with Gasteiger partial charge in [-0.25, -0.2) is 0 Å². The summed E-state index contributed by atoms with van der Waals surface area (Å²) in [5, 5.41) is 3.92. The fraction of sp³-hybridized carbons (Fsp3) is 0.929. The first-order chi connectivity index (χ1) is 8.70. The molecule has 104 valence electrons. The third-order valence-corrected chi connectivity index (χ3v) is 5.65. The van der Waals surface area contributed by atoms with Crippen LogP contribution in [0.5, 0.6) is 0 Å². The summed E-state index contributed by atoms with van der Waals surface area (Å²) in [6.07, 6.45) is 11.1. The van der Waals surface area contributed by atoms with Crippen molar-refractivity contribution < 1.29 is 4.79 Å². The molecule has 2 unspecified atom stereocenters. The summed E-state index contributed by atoms with van der Waals surface area (Å²) in [6.45, 7) is 0. The fourth-order valence-electron chi connectivity index (χ4n) is 3.23. The van der Waals surface area contributed by atoms with Gasteiger partial charge < -0.3 is 11.1 Å². The molecule has 0 radical (unpaired) electrons. The number of hydrogen-bond acceptors (Lipinski definition) is 3. The number of hydrogen-bond donors (Lipinski definition) is 2. The van der Waals surface area contributed by atoms with E-state index in [4.69, 9.17) is 5.73 Å². The van der Waals surface area contributed by atoms with Crippen LogP contribution in [-0.4, -0.2) is 29.5 Å². The van der Waals surface area contributed by atoms with Crippen LogP contribution in [0.1, 0.15) is 51.4 Å². The van der Waals surface area contributed by atoms with Crippen LogP contribution in [0, 0.1) is 5.92 Å². The molecule has 1 amide bonds. The van der Waals surface area contributed by atoms with Crippen LogP contribution in [-0.2, 0) is 4.79 Å². The maximum atomic E-state index is 12.3. The molecule has 0 aromatic carbocycles. The van der Waals surface area contributed by atoms with Crippen LogP contribution in [0.25, 0.3) is 0 Å². The first-order valence-corrected chi connectivity index (χ1v) is 8.58. The first-order valence-electron chi connectivity index (χ1n) is 7.29. The van der Waals surface area contributed by atoms with Crippen molar-refractivity contribution in [3.63, 3.8) is 0 Å². The summed E-state index contributed by atoms with van der Waals surface area (Å²) in [4.78, 5) is 12.3. The zero-order chi connectivity index (χ0) is 13.0. The molecule has 0 aromatic heterocycles. The third-order valence-electron chi connectivity index (χ3n) is 4.48. The summed E-state index contributed by atoms with van der Waals surface area (Å²) >= 11 is 1.91. The quantitative estimate of drug-likeness (QED) is 0.827. The predicted molar refractivity (Wildman–Crippen MR) is 77.6 cm³/mol. The van der Waals surface area contributed by atoms with Crippen molar-refractivity contribution in [2.45, 2.75) is 68.7 Å². The Kier molecular flexibility index (Phi) is 5.37. The molecule has 0 saturated heterocycles. The maximum absolute atomic E-state index is 12.3. The van der Waals surface area contributed by atoms with E-state index in [1.165, 1.54) is 19.3 Å². The highest BCUT2D eigenvalue weighted by Gasteiger charge is 2.30. The van der Waals surface area contributed by atoms with Crippen LogP contribution in [0.15, 0.2) is 0 Å². The normalized spacial score (nSPS) is 37.2. The number of nitrogens with one attached hydrogen (secondary N) is 1. The molecule has 2 aliphatic rings. The van der Waals surface area contributed by atoms with Crippen molar-refractivity contribution in [3.8, 4) is 0 Å². The van der Waals surface area contributed by atoms with Crippen molar-refractivity contribution in [2.75, 3.05) is 6.26 Å². The van der Waals surface area contributed by atoms with Crippen molar-refractivity contribution >= 4 is 17.7 Å². The minimum absolute atomic E-state index is 0.217. The lowest BCUT2D eigenvalue weighted by Crippen LogP contribution is -2.47. The lowest BCUT2D eigenvalue weighted by atomic mass is 9.85. The highest BCUT2D eigenvalue weighted by atomic mass is 32.2. The minimum atomic E-state index is 0.217. The standard InChI is InChI=1S/C14H26N2OS/c1-18-13-5-3-2-4-12(13)16-14(17)10-6-8-11(15)9-7-10/h10-13H,2-9,15H2,1H3,(H,16,17). The summed E-state index contributed by atoms with van der Waals surface area (Å²) in [5.41, 5.74) is 5.89. The molecule has 3 N–H and O–H groups in total. The van der Waals surface area contributed by atoms with E-state index < -0.39 is 0 Å². The molecule has 2 fully saturated rings. The lowest BCUT2D eigenvalue weighted by Gasteiger charge is -2.33. The van der Waals surface area contributed by atoms with E-state index in [0.717, 1.165) is 32.1 Å². The molecular weight excluding hydrogens is 244 g/mol. The van der Waals surface area contributed by atoms with Gasteiger partial charge in [-0.15, -0.1) is 0 Å². The van der Waals surface area contributed by atoms with Crippen LogP contribution < -0.4 is 11.1 Å². The number of amides is 1. The summed E-state index contributed by atoms with van der Waals surface area (Å²) < 4.78 is 0. The molecule has 4 heteroatoms. The van der Waals surface area contributed by atoms with E-state index in [-0.39, 0.29) is 11.8 Å². The van der Waals surface area contributed by atoms with Gasteiger partial charge >= 0.3 is 0 Å². The van der Waals surface area contributed by atoms with E-state index in [2.05, 4.69) is 11.6 Å². The molecule has 2 aliphatic carbocycles. The summed E-state index contributed by atoms with van der Waals surface area (Å²) in [5.74, 6) is 0.502. The molecule has 2 rings (SSSR count). The smallest absolute Gasteiger partial charge is 0.223 e. The van der Waals surface area contributed by atoms with Gasteiger partial charge in [-0.05, 0) is 44.8 Å². The summed E-state index contributed by atoms with van der Waals surface area (Å²) in [6, 6.07) is 0.722. The van der Waals surface area contributed by atoms with E-state index in [9.17, 15) is 4.79 Å². The van der Waals surface area contributed by atoms with E-state index in [0.29, 0.717) is 17.3 Å². The van der Waals surface area contributed by atoms with Crippen LogP contribution in [0.3, 0.4) is 0 Å². The Morgan fingerprint density at radius 2 is 1.78 bits per heavy atom. The largest absolute Gasteiger partial charge is 0.352 e. The topological polar surface area (TPSA) is 55.1 Å². The average Bonchev–Trinajstić information content (AvgIpc) is 2.40. The van der Waals surface area contributed by atoms with E-state index in [1.807, 2.05) is 11.8 Å². The first kappa shape index (κ1) is 14.2. The Morgan fingerprint density at radius 1 is 1.11 bits per heavy atom. The van der Waals surface area contributed by atoms with Crippen LogP contribution in [0.4, 0.5) is 0 Å². The molecule has 0 aromatic rings. The molecule has 2 saturated carbocycles. The zero-order valence-corrected chi connectivity index (χ0v) is 12.2. The van der Waals surface area contributed by atoms with Crippen LogP contribution in [0.2, 0.25) is 0 Å². The van der Waals surface area contributed by atoms with Crippen molar-refractivity contribution in [1.82, 2.24) is 5.32 Å². The Balaban J connectivity index is 1.82. The van der Waals surface area contributed by atoms with Gasteiger partial charge in [0, 0.05) is 23.3 Å². The average molecular weight is 270 g/mol. The zero-order valence-electron chi connectivity index (χ0n) is 11.4. The molecule has 0 spiro atoms. The van der Waals surface area contributed by atoms with Crippen molar-refractivity contribution in [3.05, 3.63) is 0 Å². The number of nitrogens with two attached hydrogens (primary N) is 1. The van der Waals surface area contributed by atoms with Crippen LogP contribution >= 0.6 is 11.8 Å². The van der Waals surface area contributed by atoms with Gasteiger partial charge in [-0.1, -0.05) is 12.8 Å². The van der Waals surface area contributed by atoms with E-state index >= 15 is 0 Å². The molecule has 0 bridgehead atoms. The lowest BCUT2D eigenvalue weighted by molar-refractivity contribution is -0.126. The van der Waals surface area contributed by atoms with Gasteiger partial charge in [0.05, 0.1) is 0 Å². The summed E-state index contributed by atoms with van der Waals surface area (Å²) in [7, 11) is 0. The number of thioether (sulfide) groups is 1. The second kappa shape index (κ2) is 6.80. The third kappa shape index (κ3) is 3.64. The molecular formula is C14H26N2OS. The van der Waals surface area contributed by atoms with Gasteiger partial charge in [0.2, 0.25) is 5.91 Å². The number of rotatable bonds is 3. The van der Waals surface area contributed by atoms with Gasteiger partial charge in [-0.3, -0.25) is 4.79 Å².